The van der Waals surface area contributed by atoms with Crippen LogP contribution in [0.3, 0.4) is 0 Å². The predicted octanol–water partition coefficient (Wildman–Crippen LogP) is 2.15. The summed E-state index contributed by atoms with van der Waals surface area (Å²) in [4.78, 5) is 53.2. The molecule has 178 valence electrons. The fraction of sp³-hybridized carbons (Fsp3) is 0.440. The van der Waals surface area contributed by atoms with Crippen molar-refractivity contribution in [1.82, 2.24) is 15.1 Å². The van der Waals surface area contributed by atoms with Crippen LogP contribution in [0.4, 0.5) is 0 Å². The number of amides is 3. The van der Waals surface area contributed by atoms with E-state index in [9.17, 15) is 19.2 Å². The van der Waals surface area contributed by atoms with E-state index in [0.717, 1.165) is 24.8 Å². The van der Waals surface area contributed by atoms with E-state index in [4.69, 9.17) is 9.15 Å². The van der Waals surface area contributed by atoms with Gasteiger partial charge in [0, 0.05) is 31.7 Å². The van der Waals surface area contributed by atoms with Gasteiger partial charge in [0.05, 0.1) is 24.8 Å². The molecule has 1 atom stereocenters. The van der Waals surface area contributed by atoms with E-state index in [-0.39, 0.29) is 41.9 Å². The minimum atomic E-state index is -0.524. The van der Waals surface area contributed by atoms with Gasteiger partial charge in [-0.3, -0.25) is 14.4 Å². The van der Waals surface area contributed by atoms with Crippen LogP contribution in [-0.4, -0.2) is 66.2 Å². The van der Waals surface area contributed by atoms with Gasteiger partial charge in [0.1, 0.15) is 6.10 Å². The lowest BCUT2D eigenvalue weighted by molar-refractivity contribution is -0.135. The van der Waals surface area contributed by atoms with Crippen molar-refractivity contribution in [3.8, 4) is 0 Å². The molecule has 5 rings (SSSR count). The summed E-state index contributed by atoms with van der Waals surface area (Å²) in [6.07, 6.45) is 3.57. The minimum absolute atomic E-state index is 0.00805. The zero-order valence-electron chi connectivity index (χ0n) is 18.8. The summed E-state index contributed by atoms with van der Waals surface area (Å²) in [5, 5.41) is 2.60. The number of ether oxygens (including phenoxy) is 1. The van der Waals surface area contributed by atoms with Gasteiger partial charge in [-0.05, 0) is 42.9 Å². The topological polar surface area (TPSA) is 109 Å². The standard InChI is InChI=1S/C25H27N3O6/c29-21(14-20-17-4-1-2-5-18(17)24(32)34-20)28-12-9-25(16-28)7-10-27(11-8-25)22(30)15-26-23(31)19-6-3-13-33-19/h1-6,13,20H,7-12,14-16H2,(H,26,31). The Bertz CT molecular complexity index is 1100. The van der Waals surface area contributed by atoms with Crippen LogP contribution in [0.1, 0.15) is 58.3 Å². The number of fused-ring (bicyclic) bond motifs is 1. The Hall–Kier alpha value is -3.62. The van der Waals surface area contributed by atoms with Crippen LogP contribution in [-0.2, 0) is 14.3 Å². The summed E-state index contributed by atoms with van der Waals surface area (Å²) in [7, 11) is 0. The largest absolute Gasteiger partial charge is 0.459 e. The van der Waals surface area contributed by atoms with Crippen molar-refractivity contribution in [1.29, 1.82) is 0 Å². The van der Waals surface area contributed by atoms with E-state index in [2.05, 4.69) is 5.32 Å². The van der Waals surface area contributed by atoms with Gasteiger partial charge < -0.3 is 24.3 Å². The highest BCUT2D eigenvalue weighted by atomic mass is 16.5. The third kappa shape index (κ3) is 4.30. The summed E-state index contributed by atoms with van der Waals surface area (Å²) < 4.78 is 10.5. The highest BCUT2D eigenvalue weighted by Gasteiger charge is 2.43. The van der Waals surface area contributed by atoms with Crippen LogP contribution in [0.25, 0.3) is 0 Å². The monoisotopic (exact) mass is 465 g/mol. The van der Waals surface area contributed by atoms with E-state index in [1.165, 1.54) is 6.26 Å². The van der Waals surface area contributed by atoms with Gasteiger partial charge >= 0.3 is 5.97 Å². The lowest BCUT2D eigenvalue weighted by Gasteiger charge is -2.39. The van der Waals surface area contributed by atoms with Crippen molar-refractivity contribution in [3.63, 3.8) is 0 Å². The number of nitrogens with zero attached hydrogens (tertiary/aromatic N) is 2. The maximum absolute atomic E-state index is 13.0. The van der Waals surface area contributed by atoms with Crippen LogP contribution in [0.5, 0.6) is 0 Å². The summed E-state index contributed by atoms with van der Waals surface area (Å²) >= 11 is 0. The van der Waals surface area contributed by atoms with Crippen molar-refractivity contribution >= 4 is 23.7 Å². The molecule has 1 aromatic carbocycles. The molecule has 9 nitrogen and oxygen atoms in total. The van der Waals surface area contributed by atoms with Crippen LogP contribution >= 0.6 is 0 Å². The van der Waals surface area contributed by atoms with Gasteiger partial charge in [0.15, 0.2) is 5.76 Å². The maximum atomic E-state index is 13.0. The molecule has 1 unspecified atom stereocenters. The molecule has 1 spiro atoms. The summed E-state index contributed by atoms with van der Waals surface area (Å²) in [6, 6.07) is 10.4. The lowest BCUT2D eigenvalue weighted by Crippen LogP contribution is -2.47. The molecular weight excluding hydrogens is 438 g/mol. The molecule has 2 fully saturated rings. The molecule has 1 aromatic heterocycles. The van der Waals surface area contributed by atoms with Crippen molar-refractivity contribution < 1.29 is 28.3 Å². The number of likely N-dealkylation sites (tertiary alicyclic amines) is 2. The van der Waals surface area contributed by atoms with Gasteiger partial charge in [-0.2, -0.15) is 0 Å². The van der Waals surface area contributed by atoms with Crippen LogP contribution in [0.2, 0.25) is 0 Å². The average Bonchev–Trinajstić information content (AvgIpc) is 3.59. The second kappa shape index (κ2) is 8.96. The molecule has 34 heavy (non-hydrogen) atoms. The Kier molecular flexibility index (Phi) is 5.85. The Labute approximate surface area is 197 Å². The first-order valence-electron chi connectivity index (χ1n) is 11.6. The Morgan fingerprint density at radius 1 is 0.971 bits per heavy atom. The van der Waals surface area contributed by atoms with Crippen LogP contribution in [0.15, 0.2) is 47.1 Å². The first kappa shape index (κ1) is 22.2. The molecule has 0 aliphatic carbocycles. The fourth-order valence-electron chi connectivity index (χ4n) is 5.21. The molecule has 2 aromatic rings. The van der Waals surface area contributed by atoms with E-state index in [1.54, 1.807) is 29.2 Å². The van der Waals surface area contributed by atoms with E-state index in [1.807, 2.05) is 17.0 Å². The number of hydrogen-bond acceptors (Lipinski definition) is 6. The van der Waals surface area contributed by atoms with Gasteiger partial charge in [0.2, 0.25) is 11.8 Å². The molecule has 1 N–H and O–H groups in total. The van der Waals surface area contributed by atoms with Crippen LogP contribution in [0, 0.1) is 5.41 Å². The average molecular weight is 466 g/mol. The van der Waals surface area contributed by atoms with Gasteiger partial charge in [-0.1, -0.05) is 18.2 Å². The third-order valence-corrected chi connectivity index (χ3v) is 7.25. The smallest absolute Gasteiger partial charge is 0.339 e. The molecular formula is C25H27N3O6. The van der Waals surface area contributed by atoms with Crippen molar-refractivity contribution in [2.75, 3.05) is 32.7 Å². The minimum Gasteiger partial charge on any atom is -0.459 e. The van der Waals surface area contributed by atoms with Crippen molar-refractivity contribution in [3.05, 3.63) is 59.5 Å². The predicted molar refractivity (Wildman–Crippen MR) is 120 cm³/mol. The Morgan fingerprint density at radius 3 is 2.44 bits per heavy atom. The van der Waals surface area contributed by atoms with E-state index < -0.39 is 12.0 Å². The number of carbonyl (C=O) groups is 4. The number of rotatable bonds is 5. The van der Waals surface area contributed by atoms with Crippen molar-refractivity contribution in [2.45, 2.75) is 31.8 Å². The number of hydrogen-bond donors (Lipinski definition) is 1. The summed E-state index contributed by atoms with van der Waals surface area (Å²) in [5.41, 5.74) is 1.32. The number of furan rings is 1. The lowest BCUT2D eigenvalue weighted by atomic mass is 9.78. The Morgan fingerprint density at radius 2 is 1.71 bits per heavy atom. The number of cyclic esters (lactones) is 1. The zero-order chi connectivity index (χ0) is 23.7. The fourth-order valence-corrected chi connectivity index (χ4v) is 5.21. The number of esters is 1. The highest BCUT2D eigenvalue weighted by Crippen LogP contribution is 2.41. The Balaban J connectivity index is 1.10. The first-order valence-corrected chi connectivity index (χ1v) is 11.6. The molecule has 9 heteroatoms. The number of benzene rings is 1. The molecule has 0 saturated carbocycles. The second-order valence-electron chi connectivity index (χ2n) is 9.29. The quantitative estimate of drug-likeness (QED) is 0.678. The number of piperidine rings is 1. The van der Waals surface area contributed by atoms with Crippen LogP contribution < -0.4 is 5.32 Å². The van der Waals surface area contributed by atoms with E-state index in [0.29, 0.717) is 31.7 Å². The molecule has 3 aliphatic heterocycles. The summed E-state index contributed by atoms with van der Waals surface area (Å²) in [5.74, 6) is -0.735. The maximum Gasteiger partial charge on any atom is 0.339 e. The molecule has 0 bridgehead atoms. The van der Waals surface area contributed by atoms with Gasteiger partial charge in [0.25, 0.3) is 5.91 Å². The highest BCUT2D eigenvalue weighted by molar-refractivity contribution is 5.95. The molecule has 3 aliphatic rings. The number of nitrogens with one attached hydrogen (secondary N) is 1. The van der Waals surface area contributed by atoms with Gasteiger partial charge in [-0.15, -0.1) is 0 Å². The van der Waals surface area contributed by atoms with E-state index >= 15 is 0 Å². The number of carbonyl (C=O) groups excluding carboxylic acids is 4. The molecule has 4 heterocycles. The third-order valence-electron chi connectivity index (χ3n) is 7.25. The molecule has 3 amide bonds. The summed E-state index contributed by atoms with van der Waals surface area (Å²) in [6.45, 7) is 2.47. The second-order valence-corrected chi connectivity index (χ2v) is 9.29. The zero-order valence-corrected chi connectivity index (χ0v) is 18.8. The van der Waals surface area contributed by atoms with Gasteiger partial charge in [-0.25, -0.2) is 4.79 Å². The normalized spacial score (nSPS) is 20.8. The first-order chi connectivity index (χ1) is 16.4. The SMILES string of the molecule is O=C(NCC(=O)N1CCC2(CC1)CCN(C(=O)CC1OC(=O)c3ccccc31)C2)c1ccco1. The molecule has 2 saturated heterocycles. The molecule has 0 radical (unpaired) electrons. The van der Waals surface area contributed by atoms with Crippen molar-refractivity contribution in [2.24, 2.45) is 5.41 Å².